The first-order valence-electron chi connectivity index (χ1n) is 5.31. The Labute approximate surface area is 92.2 Å². The smallest absolute Gasteiger partial charge is 0.410 e. The Bertz CT molecular complexity index is 208. The Morgan fingerprint density at radius 1 is 1.33 bits per heavy atom. The standard InChI is InChI=1S/C11H23NO3/c1-8(2)12(9(3)7-13)10(14)15-11(4,5)6/h8-9,13H,7H2,1-6H3. The quantitative estimate of drug-likeness (QED) is 0.786. The van der Waals surface area contributed by atoms with Gasteiger partial charge < -0.3 is 14.7 Å². The minimum Gasteiger partial charge on any atom is -0.444 e. The van der Waals surface area contributed by atoms with Gasteiger partial charge in [-0.05, 0) is 41.5 Å². The maximum Gasteiger partial charge on any atom is 0.410 e. The molecule has 0 aliphatic carbocycles. The number of carbonyl (C=O) groups is 1. The van der Waals surface area contributed by atoms with Crippen molar-refractivity contribution in [3.8, 4) is 0 Å². The highest BCUT2D eigenvalue weighted by Crippen LogP contribution is 2.14. The first-order chi connectivity index (χ1) is 6.69. The van der Waals surface area contributed by atoms with Gasteiger partial charge in [0.1, 0.15) is 5.60 Å². The van der Waals surface area contributed by atoms with Crippen LogP contribution in [0.1, 0.15) is 41.5 Å². The van der Waals surface area contributed by atoms with E-state index in [0.717, 1.165) is 0 Å². The van der Waals surface area contributed by atoms with Crippen molar-refractivity contribution in [1.82, 2.24) is 4.90 Å². The van der Waals surface area contributed by atoms with Gasteiger partial charge in [0, 0.05) is 6.04 Å². The van der Waals surface area contributed by atoms with Crippen LogP contribution >= 0.6 is 0 Å². The van der Waals surface area contributed by atoms with Crippen molar-refractivity contribution in [2.24, 2.45) is 0 Å². The van der Waals surface area contributed by atoms with Crippen LogP contribution in [-0.4, -0.2) is 40.4 Å². The molecule has 0 aromatic rings. The van der Waals surface area contributed by atoms with Gasteiger partial charge >= 0.3 is 6.09 Å². The fourth-order valence-electron chi connectivity index (χ4n) is 1.30. The lowest BCUT2D eigenvalue weighted by Crippen LogP contribution is -2.47. The molecule has 0 radical (unpaired) electrons. The predicted molar refractivity (Wildman–Crippen MR) is 59.8 cm³/mol. The molecule has 1 amide bonds. The molecule has 15 heavy (non-hydrogen) atoms. The van der Waals surface area contributed by atoms with Crippen molar-refractivity contribution in [3.05, 3.63) is 0 Å². The molecule has 0 aromatic carbocycles. The zero-order chi connectivity index (χ0) is 12.2. The highest BCUT2D eigenvalue weighted by molar-refractivity contribution is 5.68. The molecule has 1 N–H and O–H groups in total. The van der Waals surface area contributed by atoms with Gasteiger partial charge in [-0.25, -0.2) is 4.79 Å². The molecule has 0 bridgehead atoms. The number of ether oxygens (including phenoxy) is 1. The Morgan fingerprint density at radius 3 is 2.07 bits per heavy atom. The Balaban J connectivity index is 4.57. The van der Waals surface area contributed by atoms with Crippen molar-refractivity contribution in [1.29, 1.82) is 0 Å². The second kappa shape index (κ2) is 5.35. The van der Waals surface area contributed by atoms with E-state index in [1.54, 1.807) is 11.8 Å². The summed E-state index contributed by atoms with van der Waals surface area (Å²) in [5, 5.41) is 9.05. The van der Waals surface area contributed by atoms with E-state index < -0.39 is 5.60 Å². The summed E-state index contributed by atoms with van der Waals surface area (Å²) in [5.74, 6) is 0. The number of aliphatic hydroxyl groups excluding tert-OH is 1. The number of carbonyl (C=O) groups excluding carboxylic acids is 1. The Hall–Kier alpha value is -0.770. The fraction of sp³-hybridized carbons (Fsp3) is 0.909. The summed E-state index contributed by atoms with van der Waals surface area (Å²) in [4.78, 5) is 13.3. The van der Waals surface area contributed by atoms with Crippen LogP contribution in [0.15, 0.2) is 0 Å². The van der Waals surface area contributed by atoms with Gasteiger partial charge in [0.25, 0.3) is 0 Å². The number of hydrogen-bond donors (Lipinski definition) is 1. The van der Waals surface area contributed by atoms with E-state index in [1.165, 1.54) is 0 Å². The topological polar surface area (TPSA) is 49.8 Å². The number of aliphatic hydroxyl groups is 1. The Kier molecular flexibility index (Phi) is 5.08. The molecule has 0 rings (SSSR count). The minimum atomic E-state index is -0.501. The third kappa shape index (κ3) is 5.02. The lowest BCUT2D eigenvalue weighted by Gasteiger charge is -2.33. The SMILES string of the molecule is CC(C)N(C(=O)OC(C)(C)C)C(C)CO. The van der Waals surface area contributed by atoms with Crippen LogP contribution in [0, 0.1) is 0 Å². The van der Waals surface area contributed by atoms with E-state index in [4.69, 9.17) is 9.84 Å². The largest absolute Gasteiger partial charge is 0.444 e. The summed E-state index contributed by atoms with van der Waals surface area (Å²) in [5.41, 5.74) is -0.501. The van der Waals surface area contributed by atoms with Gasteiger partial charge in [0.05, 0.1) is 12.6 Å². The zero-order valence-electron chi connectivity index (χ0n) is 10.6. The minimum absolute atomic E-state index is 0.0157. The third-order valence-corrected chi connectivity index (χ3v) is 1.90. The predicted octanol–water partition coefficient (Wildman–Crippen LogP) is 2.01. The number of hydrogen-bond acceptors (Lipinski definition) is 3. The van der Waals surface area contributed by atoms with Gasteiger partial charge in [0.2, 0.25) is 0 Å². The molecule has 1 atom stereocenters. The van der Waals surface area contributed by atoms with E-state index in [2.05, 4.69) is 0 Å². The third-order valence-electron chi connectivity index (χ3n) is 1.90. The first kappa shape index (κ1) is 14.2. The molecule has 0 fully saturated rings. The molecule has 1 unspecified atom stereocenters. The molecule has 4 nitrogen and oxygen atoms in total. The van der Waals surface area contributed by atoms with Gasteiger partial charge in [-0.3, -0.25) is 0 Å². The number of amides is 1. The van der Waals surface area contributed by atoms with E-state index in [0.29, 0.717) is 0 Å². The van der Waals surface area contributed by atoms with Crippen LogP contribution in [0.25, 0.3) is 0 Å². The van der Waals surface area contributed by atoms with Gasteiger partial charge in [-0.15, -0.1) is 0 Å². The Morgan fingerprint density at radius 2 is 1.80 bits per heavy atom. The maximum atomic E-state index is 11.8. The van der Waals surface area contributed by atoms with E-state index in [1.807, 2.05) is 34.6 Å². The lowest BCUT2D eigenvalue weighted by molar-refractivity contribution is 0.00369. The molecule has 0 aromatic heterocycles. The van der Waals surface area contributed by atoms with Gasteiger partial charge in [-0.2, -0.15) is 0 Å². The summed E-state index contributed by atoms with van der Waals surface area (Å²) in [6.07, 6.45) is -0.376. The summed E-state index contributed by atoms with van der Waals surface area (Å²) < 4.78 is 5.26. The molecular formula is C11H23NO3. The molecule has 0 saturated heterocycles. The van der Waals surface area contributed by atoms with Crippen molar-refractivity contribution in [3.63, 3.8) is 0 Å². The van der Waals surface area contributed by atoms with Crippen LogP contribution < -0.4 is 0 Å². The van der Waals surface area contributed by atoms with E-state index in [-0.39, 0.29) is 24.8 Å². The van der Waals surface area contributed by atoms with Crippen molar-refractivity contribution >= 4 is 6.09 Å². The van der Waals surface area contributed by atoms with Crippen LogP contribution in [0.4, 0.5) is 4.79 Å². The van der Waals surface area contributed by atoms with Crippen molar-refractivity contribution in [2.75, 3.05) is 6.61 Å². The maximum absolute atomic E-state index is 11.8. The first-order valence-corrected chi connectivity index (χ1v) is 5.31. The molecule has 0 saturated carbocycles. The number of rotatable bonds is 3. The molecule has 4 heteroatoms. The van der Waals surface area contributed by atoms with Crippen molar-refractivity contribution in [2.45, 2.75) is 59.2 Å². The number of nitrogens with zero attached hydrogens (tertiary/aromatic N) is 1. The van der Waals surface area contributed by atoms with Gasteiger partial charge in [-0.1, -0.05) is 0 Å². The van der Waals surface area contributed by atoms with Crippen LogP contribution in [0.5, 0.6) is 0 Å². The van der Waals surface area contributed by atoms with Crippen LogP contribution in [0.3, 0.4) is 0 Å². The lowest BCUT2D eigenvalue weighted by atomic mass is 10.2. The summed E-state index contributed by atoms with van der Waals surface area (Å²) in [6, 6.07) is -0.207. The van der Waals surface area contributed by atoms with E-state index in [9.17, 15) is 4.79 Å². The molecule has 0 spiro atoms. The molecule has 0 heterocycles. The molecule has 0 aliphatic heterocycles. The van der Waals surface area contributed by atoms with Crippen LogP contribution in [-0.2, 0) is 4.74 Å². The summed E-state index contributed by atoms with van der Waals surface area (Å²) >= 11 is 0. The summed E-state index contributed by atoms with van der Waals surface area (Å²) in [6.45, 7) is 11.0. The fourth-order valence-corrected chi connectivity index (χ4v) is 1.30. The highest BCUT2D eigenvalue weighted by Gasteiger charge is 2.27. The average Bonchev–Trinajstić information content (AvgIpc) is 1.99. The van der Waals surface area contributed by atoms with E-state index >= 15 is 0 Å². The second-order valence-corrected chi connectivity index (χ2v) is 5.01. The molecule has 90 valence electrons. The van der Waals surface area contributed by atoms with Gasteiger partial charge in [0.15, 0.2) is 0 Å². The highest BCUT2D eigenvalue weighted by atomic mass is 16.6. The molecule has 0 aliphatic rings. The summed E-state index contributed by atoms with van der Waals surface area (Å²) in [7, 11) is 0. The monoisotopic (exact) mass is 217 g/mol. The average molecular weight is 217 g/mol. The second-order valence-electron chi connectivity index (χ2n) is 5.01. The molecular weight excluding hydrogens is 194 g/mol. The van der Waals surface area contributed by atoms with Crippen molar-refractivity contribution < 1.29 is 14.6 Å². The zero-order valence-corrected chi connectivity index (χ0v) is 10.6. The normalized spacial score (nSPS) is 13.9. The van der Waals surface area contributed by atoms with Crippen LogP contribution in [0.2, 0.25) is 0 Å².